The molecule has 1 aromatic heterocycles. The summed E-state index contributed by atoms with van der Waals surface area (Å²) in [4.78, 5) is 26.0. The Kier molecular flexibility index (Phi) is 10.3. The molecular weight excluding hydrogens is 622 g/mol. The van der Waals surface area contributed by atoms with Crippen molar-refractivity contribution >= 4 is 27.7 Å². The molecule has 10 nitrogen and oxygen atoms in total. The van der Waals surface area contributed by atoms with Gasteiger partial charge >= 0.3 is 28.3 Å². The fourth-order valence-electron chi connectivity index (χ4n) is 3.97. The fraction of sp³-hybridized carbons (Fsp3) is 0.375. The minimum atomic E-state index is -5.08. The van der Waals surface area contributed by atoms with Gasteiger partial charge in [0.15, 0.2) is 17.7 Å². The molecule has 2 atom stereocenters. The molecule has 3 aromatic rings. The molecule has 2 aromatic carbocycles. The van der Waals surface area contributed by atoms with Crippen LogP contribution in [0.4, 0.5) is 26.3 Å². The maximum atomic E-state index is 13.3. The van der Waals surface area contributed by atoms with Crippen LogP contribution in [0.15, 0.2) is 53.3 Å². The maximum absolute atomic E-state index is 13.3. The van der Waals surface area contributed by atoms with E-state index in [-0.39, 0.29) is 28.4 Å². The van der Waals surface area contributed by atoms with Crippen molar-refractivity contribution in [3.63, 3.8) is 0 Å². The highest BCUT2D eigenvalue weighted by Gasteiger charge is 2.39. The zero-order valence-electron chi connectivity index (χ0n) is 21.3. The van der Waals surface area contributed by atoms with Crippen LogP contribution in [0.5, 0.6) is 0 Å². The monoisotopic (exact) mass is 644 g/mol. The van der Waals surface area contributed by atoms with Gasteiger partial charge in [-0.2, -0.15) is 34.8 Å². The largest absolute Gasteiger partial charge is 0.416 e. The second kappa shape index (κ2) is 12.9. The average molecular weight is 645 g/mol. The third kappa shape index (κ3) is 9.12. The molecule has 0 bridgehead atoms. The smallest absolute Gasteiger partial charge is 0.382 e. The Balaban J connectivity index is 1.93. The number of benzene rings is 2. The van der Waals surface area contributed by atoms with Crippen molar-refractivity contribution in [3.05, 3.63) is 75.2 Å². The van der Waals surface area contributed by atoms with E-state index in [0.717, 1.165) is 18.2 Å². The molecule has 3 rings (SSSR count). The van der Waals surface area contributed by atoms with Gasteiger partial charge in [-0.15, -0.1) is 5.10 Å². The summed E-state index contributed by atoms with van der Waals surface area (Å²) in [6.45, 7) is -2.63. The molecule has 0 amide bonds. The molecule has 3 N–H and O–H groups in total. The van der Waals surface area contributed by atoms with E-state index in [1.807, 2.05) is 0 Å². The van der Waals surface area contributed by atoms with Crippen LogP contribution in [0.3, 0.4) is 0 Å². The van der Waals surface area contributed by atoms with E-state index in [2.05, 4.69) is 9.28 Å². The number of aliphatic hydroxyl groups excluding tert-OH is 1. The van der Waals surface area contributed by atoms with E-state index in [9.17, 15) is 49.5 Å². The number of halogens is 7. The molecule has 18 heteroatoms. The molecule has 0 radical (unpaired) electrons. The number of ketones is 1. The zero-order chi connectivity index (χ0) is 31.5. The van der Waals surface area contributed by atoms with Crippen LogP contribution in [-0.2, 0) is 38.5 Å². The van der Waals surface area contributed by atoms with Crippen molar-refractivity contribution in [2.75, 3.05) is 6.61 Å². The van der Waals surface area contributed by atoms with E-state index in [1.165, 1.54) is 30.3 Å². The van der Waals surface area contributed by atoms with Crippen LogP contribution in [0.25, 0.3) is 11.4 Å². The number of aromatic nitrogens is 3. The highest BCUT2D eigenvalue weighted by molar-refractivity contribution is 7.84. The lowest BCUT2D eigenvalue weighted by molar-refractivity contribution is -0.207. The molecule has 0 aliphatic carbocycles. The molecule has 1 heterocycles. The van der Waals surface area contributed by atoms with Gasteiger partial charge in [0.1, 0.15) is 6.54 Å². The van der Waals surface area contributed by atoms with Crippen molar-refractivity contribution in [1.29, 1.82) is 0 Å². The summed E-state index contributed by atoms with van der Waals surface area (Å²) in [5.74, 6) is -2.13. The van der Waals surface area contributed by atoms with Gasteiger partial charge in [0.2, 0.25) is 0 Å². The number of nitrogens with zero attached hydrogens (tertiary/aromatic N) is 3. The van der Waals surface area contributed by atoms with E-state index in [0.29, 0.717) is 9.25 Å². The van der Waals surface area contributed by atoms with Gasteiger partial charge in [-0.1, -0.05) is 29.8 Å². The molecule has 42 heavy (non-hydrogen) atoms. The topological polar surface area (TPSA) is 147 Å². The van der Waals surface area contributed by atoms with Crippen LogP contribution in [-0.4, -0.2) is 52.5 Å². The van der Waals surface area contributed by atoms with Gasteiger partial charge in [0.05, 0.1) is 18.7 Å². The van der Waals surface area contributed by atoms with Gasteiger partial charge in [-0.3, -0.25) is 13.5 Å². The van der Waals surface area contributed by atoms with Crippen LogP contribution in [0.1, 0.15) is 29.9 Å². The lowest BCUT2D eigenvalue weighted by Gasteiger charge is -2.18. The molecule has 0 aliphatic rings. The first-order chi connectivity index (χ1) is 19.3. The summed E-state index contributed by atoms with van der Waals surface area (Å²) in [5.41, 5.74) is -2.07. The Bertz CT molecular complexity index is 1570. The lowest BCUT2D eigenvalue weighted by atomic mass is 9.90. The Morgan fingerprint density at radius 3 is 2.31 bits per heavy atom. The van der Waals surface area contributed by atoms with E-state index >= 15 is 0 Å². The molecule has 0 spiro atoms. The summed E-state index contributed by atoms with van der Waals surface area (Å²) < 4.78 is 107. The molecule has 230 valence electrons. The van der Waals surface area contributed by atoms with Crippen LogP contribution in [0.2, 0.25) is 5.02 Å². The Morgan fingerprint density at radius 2 is 1.74 bits per heavy atom. The first-order valence-corrected chi connectivity index (χ1v) is 13.7. The molecule has 0 saturated carbocycles. The second-order valence-corrected chi connectivity index (χ2v) is 10.8. The van der Waals surface area contributed by atoms with Gasteiger partial charge in [-0.25, -0.2) is 14.6 Å². The number of carbonyl (C=O) groups excluding carboxylic acids is 1. The highest BCUT2D eigenvalue weighted by atomic mass is 35.5. The normalized spacial score (nSPS) is 14.1. The van der Waals surface area contributed by atoms with Gasteiger partial charge in [-0.05, 0) is 48.2 Å². The van der Waals surface area contributed by atoms with Crippen LogP contribution < -0.4 is 10.8 Å². The number of aliphatic hydroxyl groups is 1. The first-order valence-electron chi connectivity index (χ1n) is 11.9. The summed E-state index contributed by atoms with van der Waals surface area (Å²) >= 11 is 5.84. The van der Waals surface area contributed by atoms with Crippen molar-refractivity contribution in [3.8, 4) is 11.4 Å². The van der Waals surface area contributed by atoms with Crippen LogP contribution >= 0.6 is 11.6 Å². The zero-order valence-corrected chi connectivity index (χ0v) is 22.8. The minimum Gasteiger partial charge on any atom is -0.382 e. The Labute approximate surface area is 239 Å². The molecule has 0 aliphatic heterocycles. The standard InChI is InChI=1S/C24H23ClF6N4O6S/c25-18-6-4-14(5-7-18)21-33-35(22(38)34(21)13-20(37)24(29,30)31)12-19(36)11-16(8-9-41-42(32,39)40)15-2-1-3-17(10-15)23(26,27)28/h1-7,10,16,20,37H,8-9,11-13H2,(H2,32,39,40)/t16?,20-/m0/s1. The van der Waals surface area contributed by atoms with Gasteiger partial charge in [0.25, 0.3) is 0 Å². The average Bonchev–Trinajstić information content (AvgIpc) is 3.16. The second-order valence-electron chi connectivity index (χ2n) is 9.11. The number of rotatable bonds is 12. The Morgan fingerprint density at radius 1 is 1.10 bits per heavy atom. The quantitative estimate of drug-likeness (QED) is 0.286. The van der Waals surface area contributed by atoms with E-state index in [1.54, 1.807) is 0 Å². The predicted molar refractivity (Wildman–Crippen MR) is 136 cm³/mol. The van der Waals surface area contributed by atoms with Crippen LogP contribution in [0, 0.1) is 0 Å². The number of alkyl halides is 6. The number of hydrogen-bond donors (Lipinski definition) is 2. The molecule has 0 fully saturated rings. The highest BCUT2D eigenvalue weighted by Crippen LogP contribution is 2.33. The van der Waals surface area contributed by atoms with Crippen molar-refractivity contribution in [1.82, 2.24) is 14.3 Å². The number of hydrogen-bond acceptors (Lipinski definition) is 7. The number of carbonyl (C=O) groups is 1. The third-order valence-electron chi connectivity index (χ3n) is 5.96. The first kappa shape index (κ1) is 33.3. The third-order valence-corrected chi connectivity index (χ3v) is 6.71. The molecule has 0 saturated heterocycles. The summed E-state index contributed by atoms with van der Waals surface area (Å²) in [6, 6.07) is 9.38. The van der Waals surface area contributed by atoms with Gasteiger partial charge in [0, 0.05) is 17.0 Å². The molecular formula is C24H23ClF6N4O6S. The predicted octanol–water partition coefficient (Wildman–Crippen LogP) is 3.66. The van der Waals surface area contributed by atoms with Crippen molar-refractivity contribution in [2.45, 2.75) is 50.3 Å². The van der Waals surface area contributed by atoms with E-state index in [4.69, 9.17) is 16.7 Å². The SMILES string of the molecule is NS(=O)(=O)OCCC(CC(=O)Cn1nc(-c2ccc(Cl)cc2)n(C[C@H](O)C(F)(F)F)c1=O)c1cccc(C(F)(F)F)c1. The van der Waals surface area contributed by atoms with Crippen molar-refractivity contribution in [2.24, 2.45) is 5.14 Å². The Hall–Kier alpha value is -3.25. The summed E-state index contributed by atoms with van der Waals surface area (Å²) in [7, 11) is -4.40. The van der Waals surface area contributed by atoms with Crippen molar-refractivity contribution < 1.29 is 48.8 Å². The summed E-state index contributed by atoms with van der Waals surface area (Å²) in [6.07, 6.45) is -13.6. The lowest BCUT2D eigenvalue weighted by Crippen LogP contribution is -2.37. The maximum Gasteiger partial charge on any atom is 0.416 e. The molecule has 1 unspecified atom stereocenters. The summed E-state index contributed by atoms with van der Waals surface area (Å²) in [5, 5.41) is 18.6. The minimum absolute atomic E-state index is 0.00391. The van der Waals surface area contributed by atoms with Gasteiger partial charge < -0.3 is 5.11 Å². The fourth-order valence-corrected chi connectivity index (χ4v) is 4.42. The number of nitrogens with two attached hydrogens (primary N) is 1. The number of Topliss-reactive ketones (excluding diaryl/α,β-unsaturated/α-hetero) is 1. The van der Waals surface area contributed by atoms with E-state index < -0.39 is 77.8 Å².